The van der Waals surface area contributed by atoms with Crippen molar-refractivity contribution in [3.63, 3.8) is 0 Å². The number of nitrogens with zero attached hydrogens (tertiary/aromatic N) is 1. The number of rotatable bonds is 3. The topological polar surface area (TPSA) is 43.3 Å². The van der Waals surface area contributed by atoms with Crippen LogP contribution in [0.2, 0.25) is 5.02 Å². The number of hydrogen-bond donors (Lipinski definition) is 1. The fourth-order valence-electron chi connectivity index (χ4n) is 3.00. The predicted octanol–water partition coefficient (Wildman–Crippen LogP) is 5.25. The molecule has 1 aliphatic carbocycles. The minimum absolute atomic E-state index is 0.319. The minimum atomic E-state index is -0.486. The van der Waals surface area contributed by atoms with E-state index in [2.05, 4.69) is 11.5 Å². The predicted molar refractivity (Wildman–Crippen MR) is 97.8 cm³/mol. The van der Waals surface area contributed by atoms with Crippen LogP contribution < -0.4 is 5.43 Å². The summed E-state index contributed by atoms with van der Waals surface area (Å²) in [5.74, 6) is 0. The van der Waals surface area contributed by atoms with Crippen molar-refractivity contribution in [1.29, 1.82) is 0 Å². The summed E-state index contributed by atoms with van der Waals surface area (Å²) in [6, 6.07) is 9.85. The summed E-state index contributed by atoms with van der Waals surface area (Å²) >= 11 is 6.72. The first-order chi connectivity index (χ1) is 11.7. The lowest BCUT2D eigenvalue weighted by Crippen LogP contribution is -2.25. The number of hydrogen-bond acceptors (Lipinski definition) is 2. The standard InChI is InChI=1S/C19H21ClN2O2/c1-2-24-19(23)21-22-16-13-9-4-3-8-12-15(16)17(20)18(22)14-10-6-5-7-11-14/h5-7,9-11,13H,2-4,8,12H2,1H3,(H,21,23)/b13-9-. The number of nitrogens with one attached hydrogen (secondary N) is 1. The van der Waals surface area contributed by atoms with Gasteiger partial charge in [-0.2, -0.15) is 0 Å². The zero-order valence-electron chi connectivity index (χ0n) is 13.7. The van der Waals surface area contributed by atoms with Crippen LogP contribution in [0.3, 0.4) is 0 Å². The Hall–Kier alpha value is -2.20. The highest BCUT2D eigenvalue weighted by atomic mass is 35.5. The normalized spacial score (nSPS) is 15.1. The summed E-state index contributed by atoms with van der Waals surface area (Å²) in [6.07, 6.45) is 7.83. The molecule has 126 valence electrons. The Morgan fingerprint density at radius 3 is 2.83 bits per heavy atom. The van der Waals surface area contributed by atoms with Crippen molar-refractivity contribution in [2.45, 2.75) is 32.6 Å². The fraction of sp³-hybridized carbons (Fsp3) is 0.316. The van der Waals surface area contributed by atoms with Crippen molar-refractivity contribution in [2.24, 2.45) is 0 Å². The maximum Gasteiger partial charge on any atom is 0.426 e. The smallest absolute Gasteiger partial charge is 0.426 e. The number of halogens is 1. The first-order valence-electron chi connectivity index (χ1n) is 8.31. The largest absolute Gasteiger partial charge is 0.449 e. The molecule has 0 atom stereocenters. The molecule has 0 spiro atoms. The van der Waals surface area contributed by atoms with Gasteiger partial charge in [0.1, 0.15) is 0 Å². The number of fused-ring (bicyclic) bond motifs is 1. The molecule has 0 unspecified atom stereocenters. The van der Waals surface area contributed by atoms with Crippen LogP contribution in [0.25, 0.3) is 17.3 Å². The van der Waals surface area contributed by atoms with Crippen molar-refractivity contribution >= 4 is 23.8 Å². The number of amides is 1. The maximum atomic E-state index is 12.0. The second-order valence-corrected chi connectivity index (χ2v) is 6.09. The van der Waals surface area contributed by atoms with E-state index < -0.39 is 6.09 Å². The number of aromatic nitrogens is 1. The van der Waals surface area contributed by atoms with E-state index in [0.29, 0.717) is 11.6 Å². The second kappa shape index (κ2) is 7.58. The van der Waals surface area contributed by atoms with Gasteiger partial charge < -0.3 is 4.74 Å². The molecule has 2 aromatic rings. The summed E-state index contributed by atoms with van der Waals surface area (Å²) in [7, 11) is 0. The van der Waals surface area contributed by atoms with Gasteiger partial charge in [-0.05, 0) is 44.2 Å². The lowest BCUT2D eigenvalue weighted by Gasteiger charge is -2.14. The van der Waals surface area contributed by atoms with E-state index >= 15 is 0 Å². The molecule has 24 heavy (non-hydrogen) atoms. The molecule has 0 fully saturated rings. The number of ether oxygens (including phenoxy) is 1. The van der Waals surface area contributed by atoms with Crippen molar-refractivity contribution in [3.05, 3.63) is 52.7 Å². The SMILES string of the molecule is CCOC(=O)Nn1c2c(c(Cl)c1-c1ccccc1)CCCC/C=C\2. The van der Waals surface area contributed by atoms with E-state index in [0.717, 1.165) is 48.2 Å². The van der Waals surface area contributed by atoms with Gasteiger partial charge in [0.15, 0.2) is 0 Å². The Balaban J connectivity index is 2.15. The van der Waals surface area contributed by atoms with E-state index in [-0.39, 0.29) is 0 Å². The monoisotopic (exact) mass is 344 g/mol. The molecule has 1 amide bonds. The molecule has 0 saturated heterocycles. The molecule has 3 rings (SSSR count). The van der Waals surface area contributed by atoms with Crippen LogP contribution in [0.5, 0.6) is 0 Å². The van der Waals surface area contributed by atoms with Gasteiger partial charge in [0.25, 0.3) is 0 Å². The molecular weight excluding hydrogens is 324 g/mol. The lowest BCUT2D eigenvalue weighted by molar-refractivity contribution is 0.164. The highest BCUT2D eigenvalue weighted by molar-refractivity contribution is 6.34. The molecule has 1 aromatic heterocycles. The highest BCUT2D eigenvalue weighted by Crippen LogP contribution is 2.37. The summed E-state index contributed by atoms with van der Waals surface area (Å²) in [5.41, 5.74) is 6.57. The van der Waals surface area contributed by atoms with Gasteiger partial charge in [-0.25, -0.2) is 14.9 Å². The molecule has 0 aliphatic heterocycles. The Bertz CT molecular complexity index is 750. The highest BCUT2D eigenvalue weighted by Gasteiger charge is 2.23. The zero-order chi connectivity index (χ0) is 16.9. The Labute approximate surface area is 147 Å². The summed E-state index contributed by atoms with van der Waals surface area (Å²) in [4.78, 5) is 12.0. The van der Waals surface area contributed by atoms with Gasteiger partial charge >= 0.3 is 6.09 Å². The number of allylic oxidation sites excluding steroid dienone is 1. The summed E-state index contributed by atoms with van der Waals surface area (Å²) < 4.78 is 6.81. The average Bonchev–Trinajstić information content (AvgIpc) is 2.79. The van der Waals surface area contributed by atoms with Crippen molar-refractivity contribution in [2.75, 3.05) is 12.0 Å². The van der Waals surface area contributed by atoms with Gasteiger partial charge in [-0.1, -0.05) is 48.0 Å². The number of carbonyl (C=O) groups excluding carboxylic acids is 1. The molecule has 0 saturated carbocycles. The molecule has 4 nitrogen and oxygen atoms in total. The average molecular weight is 345 g/mol. The number of carbonyl (C=O) groups is 1. The van der Waals surface area contributed by atoms with Gasteiger partial charge in [0, 0.05) is 5.56 Å². The van der Waals surface area contributed by atoms with Crippen molar-refractivity contribution in [1.82, 2.24) is 4.68 Å². The minimum Gasteiger partial charge on any atom is -0.449 e. The first-order valence-corrected chi connectivity index (χ1v) is 8.69. The lowest BCUT2D eigenvalue weighted by atomic mass is 10.0. The molecule has 5 heteroatoms. The van der Waals surface area contributed by atoms with Gasteiger partial charge in [0.2, 0.25) is 0 Å². The first kappa shape index (κ1) is 16.7. The van der Waals surface area contributed by atoms with Gasteiger partial charge in [-0.3, -0.25) is 0 Å². The zero-order valence-corrected chi connectivity index (χ0v) is 14.5. The van der Waals surface area contributed by atoms with Crippen molar-refractivity contribution < 1.29 is 9.53 Å². The molecule has 0 radical (unpaired) electrons. The van der Waals surface area contributed by atoms with Crippen LogP contribution >= 0.6 is 11.6 Å². The van der Waals surface area contributed by atoms with Gasteiger partial charge in [-0.15, -0.1) is 0 Å². The third kappa shape index (κ3) is 3.34. The van der Waals surface area contributed by atoms with Crippen LogP contribution in [0.1, 0.15) is 37.4 Å². The molecular formula is C19H21ClN2O2. The van der Waals surface area contributed by atoms with E-state index in [1.54, 1.807) is 11.6 Å². The van der Waals surface area contributed by atoms with Gasteiger partial charge in [0.05, 0.1) is 23.0 Å². The second-order valence-electron chi connectivity index (χ2n) is 5.71. The Morgan fingerprint density at radius 1 is 1.29 bits per heavy atom. The summed E-state index contributed by atoms with van der Waals surface area (Å²) in [6.45, 7) is 2.10. The molecule has 1 aromatic carbocycles. The number of benzene rings is 1. The van der Waals surface area contributed by atoms with Crippen molar-refractivity contribution in [3.8, 4) is 11.3 Å². The fourth-order valence-corrected chi connectivity index (χ4v) is 3.39. The van der Waals surface area contributed by atoms with Crippen LogP contribution in [-0.2, 0) is 11.2 Å². The Kier molecular flexibility index (Phi) is 5.26. The third-order valence-corrected chi connectivity index (χ3v) is 4.50. The third-order valence-electron chi connectivity index (χ3n) is 4.10. The molecule has 0 bridgehead atoms. The maximum absolute atomic E-state index is 12.0. The Morgan fingerprint density at radius 2 is 2.08 bits per heavy atom. The van der Waals surface area contributed by atoms with E-state index in [1.807, 2.05) is 36.4 Å². The molecule has 1 N–H and O–H groups in total. The van der Waals surface area contributed by atoms with Crippen LogP contribution in [0.15, 0.2) is 36.4 Å². The van der Waals surface area contributed by atoms with Crippen LogP contribution in [0, 0.1) is 0 Å². The summed E-state index contributed by atoms with van der Waals surface area (Å²) in [5, 5.41) is 0.694. The van der Waals surface area contributed by atoms with E-state index in [1.165, 1.54) is 0 Å². The quantitative estimate of drug-likeness (QED) is 0.826. The van der Waals surface area contributed by atoms with E-state index in [9.17, 15) is 4.79 Å². The van der Waals surface area contributed by atoms with E-state index in [4.69, 9.17) is 16.3 Å². The molecule has 1 aliphatic rings. The van der Waals surface area contributed by atoms with Crippen LogP contribution in [-0.4, -0.2) is 17.4 Å². The van der Waals surface area contributed by atoms with Crippen LogP contribution in [0.4, 0.5) is 4.79 Å². The molecule has 1 heterocycles.